The first kappa shape index (κ1) is 64.9. The van der Waals surface area contributed by atoms with Crippen LogP contribution in [0.2, 0.25) is 0 Å². The van der Waals surface area contributed by atoms with E-state index in [0.29, 0.717) is 13.0 Å². The van der Waals surface area contributed by atoms with Gasteiger partial charge in [-0.05, 0) is 80.7 Å². The number of ether oxygens (including phenoxy) is 12. The van der Waals surface area contributed by atoms with Crippen LogP contribution in [0.3, 0.4) is 0 Å². The van der Waals surface area contributed by atoms with Gasteiger partial charge in [0, 0.05) is 63.8 Å². The molecule has 24 atom stereocenters. The Morgan fingerprint density at radius 2 is 1.35 bits per heavy atom. The smallest absolute Gasteiger partial charge is 0.410 e. The molecule has 0 bridgehead atoms. The highest BCUT2D eigenvalue weighted by molar-refractivity contribution is 5.91. The SMILES string of the molecule is CO[C@@H]1[C@H](O)[C@@H](C)O[C@@H](OC[C@H](C)[C@H]2OC(=O)[C@H](C)[C@@H](O[C@H]3C[C@@H](C)N(C)C[C@H](C)O3)[C@H](C)[C@@H](O[C@@H]3O[C@H](C)CC(=O)[C@H]3O)[C@@H](C)C[C@](C)(OC(=O)N3C[C@@H](C)O[C@@H](C)C3)C(=O)[C@H](C)[C@H](OC(=O)CC(C)C)[C@H]2C)[C@@H]1OC. The fourth-order valence-electron chi connectivity index (χ4n) is 12.1. The first-order valence-corrected chi connectivity index (χ1v) is 28.1. The Kier molecular flexibility index (Phi) is 23.7. The van der Waals surface area contributed by atoms with Crippen molar-refractivity contribution in [3.63, 3.8) is 0 Å². The summed E-state index contributed by atoms with van der Waals surface area (Å²) in [5.41, 5.74) is -1.96. The van der Waals surface area contributed by atoms with E-state index in [-0.39, 0.29) is 69.2 Å². The number of nitrogens with zero attached hydrogens (tertiary/aromatic N) is 2. The van der Waals surface area contributed by atoms with Crippen LogP contribution in [0.15, 0.2) is 0 Å². The summed E-state index contributed by atoms with van der Waals surface area (Å²) in [5, 5.41) is 22.3. The van der Waals surface area contributed by atoms with Gasteiger partial charge in [0.05, 0.1) is 74.3 Å². The molecule has 0 radical (unpaired) electrons. The van der Waals surface area contributed by atoms with Gasteiger partial charge in [-0.15, -0.1) is 0 Å². The molecule has 5 aliphatic heterocycles. The van der Waals surface area contributed by atoms with Gasteiger partial charge in [0.2, 0.25) is 0 Å². The van der Waals surface area contributed by atoms with E-state index in [2.05, 4.69) is 11.8 Å². The Bertz CT molecular complexity index is 1940. The number of methoxy groups -OCH3 is 2. The Balaban J connectivity index is 1.70. The van der Waals surface area contributed by atoms with Gasteiger partial charge in [-0.3, -0.25) is 19.2 Å². The summed E-state index contributed by atoms with van der Waals surface area (Å²) < 4.78 is 76.0. The Hall–Kier alpha value is -2.93. The van der Waals surface area contributed by atoms with Crippen molar-refractivity contribution in [1.29, 1.82) is 0 Å². The van der Waals surface area contributed by atoms with Gasteiger partial charge in [0.25, 0.3) is 0 Å². The summed E-state index contributed by atoms with van der Waals surface area (Å²) in [5.74, 6) is -7.98. The molecular formula is C56H96N2O19. The summed E-state index contributed by atoms with van der Waals surface area (Å²) in [6, 6.07) is 0.00352. The van der Waals surface area contributed by atoms with Gasteiger partial charge >= 0.3 is 18.0 Å². The number of hydrogen-bond donors (Lipinski definition) is 2. The molecule has 5 fully saturated rings. The highest BCUT2D eigenvalue weighted by Crippen LogP contribution is 2.41. The number of aliphatic hydroxyl groups excluding tert-OH is 2. The van der Waals surface area contributed by atoms with Gasteiger partial charge in [-0.1, -0.05) is 48.5 Å². The Morgan fingerprint density at radius 3 is 1.96 bits per heavy atom. The van der Waals surface area contributed by atoms with Crippen LogP contribution in [0.4, 0.5) is 4.79 Å². The predicted octanol–water partition coefficient (Wildman–Crippen LogP) is 5.09. The molecule has 444 valence electrons. The van der Waals surface area contributed by atoms with Crippen molar-refractivity contribution in [2.45, 2.75) is 239 Å². The van der Waals surface area contributed by atoms with Crippen molar-refractivity contribution >= 4 is 29.6 Å². The van der Waals surface area contributed by atoms with E-state index in [9.17, 15) is 24.6 Å². The molecule has 5 aliphatic rings. The lowest BCUT2D eigenvalue weighted by Crippen LogP contribution is -2.59. The molecule has 0 aromatic carbocycles. The average molecular weight is 1100 g/mol. The third kappa shape index (κ3) is 16.4. The zero-order valence-electron chi connectivity index (χ0n) is 49.2. The maximum absolute atomic E-state index is 15.9. The minimum absolute atomic E-state index is 0.00352. The van der Waals surface area contributed by atoms with Crippen LogP contribution in [-0.4, -0.2) is 207 Å². The van der Waals surface area contributed by atoms with Gasteiger partial charge in [0.15, 0.2) is 42.1 Å². The minimum Gasteiger partial charge on any atom is -0.461 e. The molecule has 0 aliphatic carbocycles. The fourth-order valence-corrected chi connectivity index (χ4v) is 12.1. The van der Waals surface area contributed by atoms with Crippen LogP contribution < -0.4 is 0 Å². The molecule has 5 saturated heterocycles. The molecule has 0 saturated carbocycles. The first-order chi connectivity index (χ1) is 36.0. The van der Waals surface area contributed by atoms with E-state index < -0.39 is 151 Å². The highest BCUT2D eigenvalue weighted by Gasteiger charge is 2.53. The van der Waals surface area contributed by atoms with E-state index in [1.54, 1.807) is 55.4 Å². The van der Waals surface area contributed by atoms with E-state index in [4.69, 9.17) is 56.8 Å². The number of carbonyl (C=O) groups is 5. The lowest BCUT2D eigenvalue weighted by molar-refractivity contribution is -0.305. The lowest BCUT2D eigenvalue weighted by atomic mass is 9.74. The molecule has 0 spiro atoms. The standard InChI is InChI=1S/C56H96N2O19/c1-27(2)19-41(60)73-47-36(11)46(29(4)26-68-54-50(67-18)49(66-17)43(61)39(14)72-54)75-52(64)38(13)48(74-42-20-30(5)57(16)23-32(7)70-42)35(10)45(76-53-44(62)40(59)21-31(6)71-53)28(3)22-56(15,51(63)37(47)12)77-55(65)58-24-33(8)69-34(9)25-58/h27-39,42-50,53-54,61-62H,19-26H2,1-18H3/t28-,29-,30+,31+,32-,33-,34+,35+,36-,37+,38+,39+,42-,43+,44+,45-,46+,47+,48-,49+,50+,53-,54+,56-/m0/s1. The van der Waals surface area contributed by atoms with Gasteiger partial charge in [-0.25, -0.2) is 4.79 Å². The molecule has 77 heavy (non-hydrogen) atoms. The molecule has 5 rings (SSSR count). The summed E-state index contributed by atoms with van der Waals surface area (Å²) in [6.45, 7) is 27.7. The van der Waals surface area contributed by atoms with Crippen LogP contribution in [0.25, 0.3) is 0 Å². The summed E-state index contributed by atoms with van der Waals surface area (Å²) in [7, 11) is 4.91. The number of esters is 2. The zero-order chi connectivity index (χ0) is 57.5. The normalized spacial score (nSPS) is 43.0. The minimum atomic E-state index is -1.96. The number of ketones is 2. The number of amides is 1. The third-order valence-corrected chi connectivity index (χ3v) is 16.4. The second-order valence-corrected chi connectivity index (χ2v) is 24.0. The number of cyclic esters (lactones) is 1. The molecule has 1 amide bonds. The number of likely N-dealkylation sites (N-methyl/N-ethyl adjacent to an activating group) is 1. The van der Waals surface area contributed by atoms with Crippen LogP contribution >= 0.6 is 0 Å². The van der Waals surface area contributed by atoms with Crippen molar-refractivity contribution in [1.82, 2.24) is 9.80 Å². The Morgan fingerprint density at radius 1 is 0.727 bits per heavy atom. The predicted molar refractivity (Wildman–Crippen MR) is 279 cm³/mol. The number of Topliss-reactive ketones (excluding diaryl/α,β-unsaturated/α-hetero) is 2. The molecule has 21 heteroatoms. The molecule has 0 aromatic rings. The molecule has 2 N–H and O–H groups in total. The van der Waals surface area contributed by atoms with Crippen molar-refractivity contribution in [2.75, 3.05) is 47.5 Å². The Labute approximate surface area is 457 Å². The van der Waals surface area contributed by atoms with Crippen molar-refractivity contribution in [3.05, 3.63) is 0 Å². The van der Waals surface area contributed by atoms with Crippen molar-refractivity contribution in [2.24, 2.45) is 41.4 Å². The number of rotatable bonds is 14. The maximum Gasteiger partial charge on any atom is 0.410 e. The van der Waals surface area contributed by atoms with Crippen LogP contribution in [-0.2, 0) is 76.0 Å². The van der Waals surface area contributed by atoms with Gasteiger partial charge < -0.3 is 76.9 Å². The van der Waals surface area contributed by atoms with Crippen LogP contribution in [0.5, 0.6) is 0 Å². The van der Waals surface area contributed by atoms with E-state index in [1.165, 1.54) is 19.1 Å². The summed E-state index contributed by atoms with van der Waals surface area (Å²) in [4.78, 5) is 76.7. The van der Waals surface area contributed by atoms with Gasteiger partial charge in [-0.2, -0.15) is 0 Å². The first-order valence-electron chi connectivity index (χ1n) is 28.1. The summed E-state index contributed by atoms with van der Waals surface area (Å²) in [6.07, 6.45) is -15.1. The van der Waals surface area contributed by atoms with Crippen LogP contribution in [0.1, 0.15) is 130 Å². The highest BCUT2D eigenvalue weighted by atomic mass is 16.7. The van der Waals surface area contributed by atoms with Crippen LogP contribution in [0, 0.1) is 41.4 Å². The third-order valence-electron chi connectivity index (χ3n) is 16.4. The summed E-state index contributed by atoms with van der Waals surface area (Å²) >= 11 is 0. The average Bonchev–Trinajstić information content (AvgIpc) is 3.47. The second kappa shape index (κ2) is 28.2. The molecule has 0 aromatic heterocycles. The molecular weight excluding hydrogens is 1000 g/mol. The molecule has 21 nitrogen and oxygen atoms in total. The number of morpholine rings is 1. The molecule has 0 unspecified atom stereocenters. The van der Waals surface area contributed by atoms with Crippen molar-refractivity contribution < 1.29 is 91.0 Å². The lowest BCUT2D eigenvalue weighted by Gasteiger charge is -2.45. The largest absolute Gasteiger partial charge is 0.461 e. The number of hydrogen-bond acceptors (Lipinski definition) is 20. The monoisotopic (exact) mass is 1100 g/mol. The second-order valence-electron chi connectivity index (χ2n) is 24.0. The van der Waals surface area contributed by atoms with Gasteiger partial charge in [0.1, 0.15) is 30.5 Å². The van der Waals surface area contributed by atoms with E-state index in [0.717, 1.165) is 0 Å². The number of aliphatic hydroxyl groups is 2. The molecule has 5 heterocycles. The quantitative estimate of drug-likeness (QED) is 0.170. The van der Waals surface area contributed by atoms with E-state index >= 15 is 9.59 Å². The maximum atomic E-state index is 15.9. The topological polar surface area (TPSA) is 243 Å². The number of carbonyl (C=O) groups excluding carboxylic acids is 5. The fraction of sp³-hybridized carbons (Fsp3) is 0.911. The zero-order valence-corrected chi connectivity index (χ0v) is 49.2. The van der Waals surface area contributed by atoms with Crippen molar-refractivity contribution in [3.8, 4) is 0 Å². The van der Waals surface area contributed by atoms with E-state index in [1.807, 2.05) is 48.6 Å².